The molecule has 1 fully saturated rings. The van der Waals surface area contributed by atoms with E-state index >= 15 is 0 Å². The number of hydrogen-bond donors (Lipinski definition) is 0. The second kappa shape index (κ2) is 11.0. The quantitative estimate of drug-likeness (QED) is 0.312. The molecule has 0 N–H and O–H groups in total. The lowest BCUT2D eigenvalue weighted by molar-refractivity contribution is -0.154. The van der Waals surface area contributed by atoms with Gasteiger partial charge in [0.2, 0.25) is 0 Å². The Morgan fingerprint density at radius 2 is 1.37 bits per heavy atom. The highest BCUT2D eigenvalue weighted by atomic mass is 32.2. The van der Waals surface area contributed by atoms with E-state index in [1.807, 2.05) is 13.0 Å². The number of hydrogen-bond acceptors (Lipinski definition) is 6. The summed E-state index contributed by atoms with van der Waals surface area (Å²) in [6.07, 6.45) is -0.739. The standard InChI is InChI=1S/C30H33NO6S/c1-21-15-19-25(20-16-21)38(34,35)31(29(33)37-30(2,3)4)26(22-11-7-5-8-12-22)27(23-13-9-6-10-14-23)36-28(32)24-17-18-24/h5-16,19-20,24,26-27H,17-18H2,1-4H3/t26-,27+/m1/s1. The molecule has 1 aliphatic rings. The fraction of sp³-hybridized carbons (Fsp3) is 0.333. The van der Waals surface area contributed by atoms with E-state index in [2.05, 4.69) is 0 Å². The summed E-state index contributed by atoms with van der Waals surface area (Å²) >= 11 is 0. The number of carbonyl (C=O) groups is 2. The fourth-order valence-electron chi connectivity index (χ4n) is 4.07. The first-order valence-electron chi connectivity index (χ1n) is 12.6. The molecule has 7 nitrogen and oxygen atoms in total. The van der Waals surface area contributed by atoms with Gasteiger partial charge in [-0.3, -0.25) is 4.79 Å². The van der Waals surface area contributed by atoms with Crippen LogP contribution in [0, 0.1) is 12.8 Å². The Labute approximate surface area is 224 Å². The normalized spacial score (nSPS) is 15.3. The van der Waals surface area contributed by atoms with Gasteiger partial charge in [0.1, 0.15) is 11.6 Å². The van der Waals surface area contributed by atoms with Crippen molar-refractivity contribution in [2.75, 3.05) is 0 Å². The van der Waals surface area contributed by atoms with Crippen molar-refractivity contribution in [3.63, 3.8) is 0 Å². The zero-order chi connectivity index (χ0) is 27.5. The maximum atomic E-state index is 14.2. The zero-order valence-corrected chi connectivity index (χ0v) is 22.9. The second-order valence-electron chi connectivity index (χ2n) is 10.5. The van der Waals surface area contributed by atoms with Gasteiger partial charge >= 0.3 is 12.1 Å². The van der Waals surface area contributed by atoms with E-state index in [1.54, 1.807) is 87.5 Å². The first-order valence-corrected chi connectivity index (χ1v) is 14.1. The summed E-state index contributed by atoms with van der Waals surface area (Å²) in [5, 5.41) is 0. The maximum Gasteiger partial charge on any atom is 0.425 e. The molecule has 0 aromatic heterocycles. The van der Waals surface area contributed by atoms with Gasteiger partial charge in [-0.15, -0.1) is 0 Å². The molecule has 0 aliphatic heterocycles. The lowest BCUT2D eigenvalue weighted by atomic mass is 9.95. The zero-order valence-electron chi connectivity index (χ0n) is 22.0. The molecular formula is C30H33NO6S. The summed E-state index contributed by atoms with van der Waals surface area (Å²) in [5.41, 5.74) is 0.925. The number of ether oxygens (including phenoxy) is 2. The Kier molecular flexibility index (Phi) is 7.92. The SMILES string of the molecule is Cc1ccc(S(=O)(=O)N(C(=O)OC(C)(C)C)[C@H](c2ccccc2)[C@@H](OC(=O)C2CC2)c2ccccc2)cc1. The smallest absolute Gasteiger partial charge is 0.425 e. The molecule has 8 heteroatoms. The summed E-state index contributed by atoms with van der Waals surface area (Å²) in [7, 11) is -4.46. The minimum absolute atomic E-state index is 0.0739. The molecule has 3 aromatic carbocycles. The number of benzene rings is 3. The molecule has 1 amide bonds. The Balaban J connectivity index is 1.94. The van der Waals surface area contributed by atoms with E-state index in [1.165, 1.54) is 12.1 Å². The Morgan fingerprint density at radius 3 is 1.87 bits per heavy atom. The number of rotatable bonds is 8. The Morgan fingerprint density at radius 1 is 0.842 bits per heavy atom. The van der Waals surface area contributed by atoms with E-state index < -0.39 is 39.8 Å². The van der Waals surface area contributed by atoms with Gasteiger partial charge in [0.05, 0.1) is 10.8 Å². The number of amides is 1. The predicted molar refractivity (Wildman–Crippen MR) is 144 cm³/mol. The average molecular weight is 536 g/mol. The minimum atomic E-state index is -4.46. The number of sulfonamides is 1. The average Bonchev–Trinajstić information content (AvgIpc) is 3.72. The molecule has 0 unspecified atom stereocenters. The van der Waals surface area contributed by atoms with Gasteiger partial charge < -0.3 is 9.47 Å². The first kappa shape index (κ1) is 27.4. The van der Waals surface area contributed by atoms with E-state index in [0.717, 1.165) is 9.87 Å². The van der Waals surface area contributed by atoms with Crippen molar-refractivity contribution in [1.29, 1.82) is 0 Å². The molecular weight excluding hydrogens is 502 g/mol. The third-order valence-corrected chi connectivity index (χ3v) is 7.88. The van der Waals surface area contributed by atoms with Crippen molar-refractivity contribution in [3.8, 4) is 0 Å². The van der Waals surface area contributed by atoms with E-state index in [0.29, 0.717) is 24.0 Å². The highest BCUT2D eigenvalue weighted by Gasteiger charge is 2.46. The molecule has 3 aromatic rings. The van der Waals surface area contributed by atoms with Crippen LogP contribution in [0.4, 0.5) is 4.79 Å². The van der Waals surface area contributed by atoms with Crippen molar-refractivity contribution in [3.05, 3.63) is 102 Å². The third-order valence-electron chi connectivity index (χ3n) is 6.11. The predicted octanol–water partition coefficient (Wildman–Crippen LogP) is 6.36. The van der Waals surface area contributed by atoms with Gasteiger partial charge in [-0.2, -0.15) is 4.31 Å². The molecule has 0 radical (unpaired) electrons. The summed E-state index contributed by atoms with van der Waals surface area (Å²) in [6.45, 7) is 6.85. The molecule has 4 rings (SSSR count). The summed E-state index contributed by atoms with van der Waals surface area (Å²) in [5.74, 6) is -0.655. The van der Waals surface area contributed by atoms with E-state index in [4.69, 9.17) is 9.47 Å². The number of nitrogens with zero attached hydrogens (tertiary/aromatic N) is 1. The van der Waals surface area contributed by atoms with Crippen molar-refractivity contribution >= 4 is 22.1 Å². The molecule has 1 aliphatic carbocycles. The van der Waals surface area contributed by atoms with E-state index in [-0.39, 0.29) is 10.8 Å². The highest BCUT2D eigenvalue weighted by Crippen LogP contribution is 2.43. The largest absolute Gasteiger partial charge is 0.455 e. The van der Waals surface area contributed by atoms with Crippen molar-refractivity contribution in [2.45, 2.75) is 63.2 Å². The van der Waals surface area contributed by atoms with Crippen LogP contribution in [-0.4, -0.2) is 30.4 Å². The van der Waals surface area contributed by atoms with Crippen LogP contribution in [0.3, 0.4) is 0 Å². The number of esters is 1. The van der Waals surface area contributed by atoms with Crippen LogP contribution in [0.2, 0.25) is 0 Å². The highest BCUT2D eigenvalue weighted by molar-refractivity contribution is 7.89. The topological polar surface area (TPSA) is 90.0 Å². The Hall–Kier alpha value is -3.65. The Bertz CT molecular complexity index is 1360. The van der Waals surface area contributed by atoms with Crippen LogP contribution in [0.1, 0.15) is 62.4 Å². The molecule has 200 valence electrons. The minimum Gasteiger partial charge on any atom is -0.455 e. The lowest BCUT2D eigenvalue weighted by Gasteiger charge is -2.37. The third kappa shape index (κ3) is 6.42. The van der Waals surface area contributed by atoms with Crippen LogP contribution >= 0.6 is 0 Å². The van der Waals surface area contributed by atoms with Crippen LogP contribution < -0.4 is 0 Å². The van der Waals surface area contributed by atoms with Gasteiger partial charge in [-0.1, -0.05) is 78.4 Å². The molecule has 0 saturated heterocycles. The van der Waals surface area contributed by atoms with Gasteiger partial charge in [-0.05, 0) is 63.8 Å². The van der Waals surface area contributed by atoms with Gasteiger partial charge in [-0.25, -0.2) is 13.2 Å². The summed E-state index contributed by atoms with van der Waals surface area (Å²) < 4.78 is 40.9. The fourth-order valence-corrected chi connectivity index (χ4v) is 5.55. The van der Waals surface area contributed by atoms with Gasteiger partial charge in [0.25, 0.3) is 10.0 Å². The first-order chi connectivity index (χ1) is 18.0. The number of carbonyl (C=O) groups excluding carboxylic acids is 2. The molecule has 0 bridgehead atoms. The van der Waals surface area contributed by atoms with Gasteiger partial charge in [0.15, 0.2) is 6.10 Å². The van der Waals surface area contributed by atoms with Crippen LogP contribution in [0.25, 0.3) is 0 Å². The van der Waals surface area contributed by atoms with Crippen molar-refractivity contribution in [2.24, 2.45) is 5.92 Å². The van der Waals surface area contributed by atoms with Crippen molar-refractivity contribution in [1.82, 2.24) is 4.31 Å². The van der Waals surface area contributed by atoms with Gasteiger partial charge in [0, 0.05) is 0 Å². The maximum absolute atomic E-state index is 14.2. The molecule has 1 saturated carbocycles. The van der Waals surface area contributed by atoms with Crippen LogP contribution in [0.5, 0.6) is 0 Å². The monoisotopic (exact) mass is 535 g/mol. The van der Waals surface area contributed by atoms with Crippen molar-refractivity contribution < 1.29 is 27.5 Å². The molecule has 0 spiro atoms. The summed E-state index contributed by atoms with van der Waals surface area (Å²) in [6, 6.07) is 22.6. The summed E-state index contributed by atoms with van der Waals surface area (Å²) in [4.78, 5) is 26.7. The lowest BCUT2D eigenvalue weighted by Crippen LogP contribution is -2.45. The van der Waals surface area contributed by atoms with Crippen LogP contribution in [0.15, 0.2) is 89.8 Å². The number of aryl methyl sites for hydroxylation is 1. The molecule has 38 heavy (non-hydrogen) atoms. The van der Waals surface area contributed by atoms with E-state index in [9.17, 15) is 18.0 Å². The molecule has 0 heterocycles. The molecule has 2 atom stereocenters. The second-order valence-corrected chi connectivity index (χ2v) is 12.3. The van der Waals surface area contributed by atoms with Crippen LogP contribution in [-0.2, 0) is 24.3 Å².